The molecule has 0 aromatic rings. The van der Waals surface area contributed by atoms with Crippen LogP contribution in [0.2, 0.25) is 0 Å². The lowest BCUT2D eigenvalue weighted by Crippen LogP contribution is -2.45. The average molecular weight is 241 g/mol. The van der Waals surface area contributed by atoms with E-state index >= 15 is 0 Å². The average Bonchev–Trinajstić information content (AvgIpc) is 2.34. The van der Waals surface area contributed by atoms with Gasteiger partial charge in [0, 0.05) is 25.7 Å². The Morgan fingerprint density at radius 3 is 2.65 bits per heavy atom. The van der Waals surface area contributed by atoms with Crippen LogP contribution >= 0.6 is 0 Å². The minimum absolute atomic E-state index is 0.660. The monoisotopic (exact) mass is 241 g/mol. The van der Waals surface area contributed by atoms with Crippen LogP contribution in [0.4, 0.5) is 0 Å². The molecular formula is C14H31N3. The first-order chi connectivity index (χ1) is 8.17. The van der Waals surface area contributed by atoms with Gasteiger partial charge in [0.25, 0.3) is 0 Å². The van der Waals surface area contributed by atoms with Crippen molar-refractivity contribution in [3.05, 3.63) is 0 Å². The van der Waals surface area contributed by atoms with Crippen LogP contribution in [0.5, 0.6) is 0 Å². The first kappa shape index (κ1) is 14.9. The number of piperidine rings is 1. The van der Waals surface area contributed by atoms with E-state index in [1.807, 2.05) is 0 Å². The fourth-order valence-electron chi connectivity index (χ4n) is 2.77. The number of rotatable bonds is 7. The van der Waals surface area contributed by atoms with E-state index in [1.54, 1.807) is 0 Å². The van der Waals surface area contributed by atoms with Crippen molar-refractivity contribution in [2.45, 2.75) is 39.7 Å². The van der Waals surface area contributed by atoms with Gasteiger partial charge in [-0.3, -0.25) is 0 Å². The minimum Gasteiger partial charge on any atom is -0.313 e. The van der Waals surface area contributed by atoms with Crippen LogP contribution in [0.25, 0.3) is 0 Å². The smallest absolute Gasteiger partial charge is 0.0107 e. The van der Waals surface area contributed by atoms with Gasteiger partial charge in [-0.1, -0.05) is 13.8 Å². The SMILES string of the molecule is CCN(CC)CCNC(C)C1CCCN(C)C1. The molecule has 0 saturated carbocycles. The minimum atomic E-state index is 0.660. The van der Waals surface area contributed by atoms with Gasteiger partial charge in [-0.25, -0.2) is 0 Å². The maximum absolute atomic E-state index is 3.70. The summed E-state index contributed by atoms with van der Waals surface area (Å²) in [6.45, 7) is 14.0. The highest BCUT2D eigenvalue weighted by Gasteiger charge is 2.22. The van der Waals surface area contributed by atoms with Gasteiger partial charge in [0.1, 0.15) is 0 Å². The van der Waals surface area contributed by atoms with Gasteiger partial charge in [-0.2, -0.15) is 0 Å². The lowest BCUT2D eigenvalue weighted by Gasteiger charge is -2.34. The molecule has 0 spiro atoms. The molecule has 102 valence electrons. The third-order valence-corrected chi connectivity index (χ3v) is 4.16. The zero-order chi connectivity index (χ0) is 12.7. The van der Waals surface area contributed by atoms with E-state index in [9.17, 15) is 0 Å². The van der Waals surface area contributed by atoms with Gasteiger partial charge >= 0.3 is 0 Å². The number of hydrogen-bond donors (Lipinski definition) is 1. The highest BCUT2D eigenvalue weighted by atomic mass is 15.1. The number of likely N-dealkylation sites (N-methyl/N-ethyl adjacent to an activating group) is 1. The van der Waals surface area contributed by atoms with E-state index in [0.717, 1.165) is 12.5 Å². The largest absolute Gasteiger partial charge is 0.313 e. The van der Waals surface area contributed by atoms with Gasteiger partial charge in [0.2, 0.25) is 0 Å². The summed E-state index contributed by atoms with van der Waals surface area (Å²) in [5.74, 6) is 0.838. The molecule has 2 unspecified atom stereocenters. The molecule has 3 heteroatoms. The number of nitrogens with one attached hydrogen (secondary N) is 1. The maximum Gasteiger partial charge on any atom is 0.0107 e. The molecule has 0 bridgehead atoms. The first-order valence-electron chi connectivity index (χ1n) is 7.31. The second-order valence-corrected chi connectivity index (χ2v) is 5.43. The van der Waals surface area contributed by atoms with Crippen LogP contribution < -0.4 is 5.32 Å². The van der Waals surface area contributed by atoms with Crippen molar-refractivity contribution in [2.24, 2.45) is 5.92 Å². The van der Waals surface area contributed by atoms with E-state index in [0.29, 0.717) is 6.04 Å². The van der Waals surface area contributed by atoms with E-state index in [-0.39, 0.29) is 0 Å². The Kier molecular flexibility index (Phi) is 7.09. The summed E-state index contributed by atoms with van der Waals surface area (Å²) in [6.07, 6.45) is 2.76. The van der Waals surface area contributed by atoms with Crippen LogP contribution in [0.3, 0.4) is 0 Å². The second kappa shape index (κ2) is 8.06. The fourth-order valence-corrected chi connectivity index (χ4v) is 2.77. The number of nitrogens with zero attached hydrogens (tertiary/aromatic N) is 2. The predicted octanol–water partition coefficient (Wildman–Crippen LogP) is 1.65. The number of likely N-dealkylation sites (tertiary alicyclic amines) is 1. The highest BCUT2D eigenvalue weighted by Crippen LogP contribution is 2.18. The molecule has 0 aromatic heterocycles. The van der Waals surface area contributed by atoms with Gasteiger partial charge in [0.15, 0.2) is 0 Å². The van der Waals surface area contributed by atoms with Crippen molar-refractivity contribution in [1.29, 1.82) is 0 Å². The molecule has 1 N–H and O–H groups in total. The van der Waals surface area contributed by atoms with Crippen molar-refractivity contribution in [3.63, 3.8) is 0 Å². The van der Waals surface area contributed by atoms with Crippen molar-refractivity contribution in [2.75, 3.05) is 46.3 Å². The van der Waals surface area contributed by atoms with Gasteiger partial charge < -0.3 is 15.1 Å². The maximum atomic E-state index is 3.70. The molecule has 1 fully saturated rings. The molecule has 1 rings (SSSR count). The first-order valence-corrected chi connectivity index (χ1v) is 7.31. The fraction of sp³-hybridized carbons (Fsp3) is 1.00. The zero-order valence-electron chi connectivity index (χ0n) is 12.2. The molecule has 0 amide bonds. The summed E-state index contributed by atoms with van der Waals surface area (Å²) in [6, 6.07) is 0.660. The van der Waals surface area contributed by atoms with Crippen LogP contribution in [0, 0.1) is 5.92 Å². The molecule has 1 aliphatic heterocycles. The molecule has 0 aliphatic carbocycles. The van der Waals surface area contributed by atoms with Gasteiger partial charge in [0.05, 0.1) is 0 Å². The van der Waals surface area contributed by atoms with Crippen LogP contribution in [0.15, 0.2) is 0 Å². The van der Waals surface area contributed by atoms with Crippen molar-refractivity contribution < 1.29 is 0 Å². The molecular weight excluding hydrogens is 210 g/mol. The Hall–Kier alpha value is -0.120. The van der Waals surface area contributed by atoms with Crippen LogP contribution in [0.1, 0.15) is 33.6 Å². The molecule has 0 aromatic carbocycles. The van der Waals surface area contributed by atoms with E-state index in [1.165, 1.54) is 45.6 Å². The summed E-state index contributed by atoms with van der Waals surface area (Å²) < 4.78 is 0. The molecule has 0 radical (unpaired) electrons. The van der Waals surface area contributed by atoms with E-state index in [4.69, 9.17) is 0 Å². The summed E-state index contributed by atoms with van der Waals surface area (Å²) in [5, 5.41) is 3.70. The molecule has 17 heavy (non-hydrogen) atoms. The Morgan fingerprint density at radius 2 is 2.06 bits per heavy atom. The number of hydrogen-bond acceptors (Lipinski definition) is 3. The van der Waals surface area contributed by atoms with Crippen LogP contribution in [-0.2, 0) is 0 Å². The Labute approximate surface area is 108 Å². The molecule has 2 atom stereocenters. The summed E-state index contributed by atoms with van der Waals surface area (Å²) >= 11 is 0. The lowest BCUT2D eigenvalue weighted by atomic mass is 9.92. The third kappa shape index (κ3) is 5.36. The summed E-state index contributed by atoms with van der Waals surface area (Å²) in [4.78, 5) is 4.95. The quantitative estimate of drug-likeness (QED) is 0.731. The van der Waals surface area contributed by atoms with E-state index < -0.39 is 0 Å². The van der Waals surface area contributed by atoms with Crippen molar-refractivity contribution in [3.8, 4) is 0 Å². The molecule has 1 aliphatic rings. The second-order valence-electron chi connectivity index (χ2n) is 5.43. The molecule has 1 heterocycles. The predicted molar refractivity (Wildman–Crippen MR) is 75.5 cm³/mol. The molecule has 1 saturated heterocycles. The lowest BCUT2D eigenvalue weighted by molar-refractivity contribution is 0.176. The summed E-state index contributed by atoms with van der Waals surface area (Å²) in [5.41, 5.74) is 0. The highest BCUT2D eigenvalue weighted by molar-refractivity contribution is 4.79. The Bertz CT molecular complexity index is 192. The molecule has 3 nitrogen and oxygen atoms in total. The van der Waals surface area contributed by atoms with Crippen molar-refractivity contribution >= 4 is 0 Å². The topological polar surface area (TPSA) is 18.5 Å². The Morgan fingerprint density at radius 1 is 1.35 bits per heavy atom. The summed E-state index contributed by atoms with van der Waals surface area (Å²) in [7, 11) is 2.24. The normalized spacial score (nSPS) is 24.2. The van der Waals surface area contributed by atoms with Gasteiger partial charge in [-0.05, 0) is 52.4 Å². The van der Waals surface area contributed by atoms with Crippen molar-refractivity contribution in [1.82, 2.24) is 15.1 Å². The van der Waals surface area contributed by atoms with Crippen LogP contribution in [-0.4, -0.2) is 62.2 Å². The van der Waals surface area contributed by atoms with E-state index in [2.05, 4.69) is 42.9 Å². The third-order valence-electron chi connectivity index (χ3n) is 4.16. The standard InChI is InChI=1S/C14H31N3/c1-5-17(6-2)11-9-15-13(3)14-8-7-10-16(4)12-14/h13-15H,5-12H2,1-4H3. The van der Waals surface area contributed by atoms with Gasteiger partial charge in [-0.15, -0.1) is 0 Å². The zero-order valence-corrected chi connectivity index (χ0v) is 12.2. The Balaban J connectivity index is 2.17.